The predicted octanol–water partition coefficient (Wildman–Crippen LogP) is 3.90. The second-order valence-corrected chi connectivity index (χ2v) is 5.41. The maximum Gasteiger partial charge on any atom is 0.251 e. The number of amides is 1. The van der Waals surface area contributed by atoms with E-state index in [0.717, 1.165) is 12.1 Å². The van der Waals surface area contributed by atoms with E-state index in [-0.39, 0.29) is 18.3 Å². The molecule has 3 N–H and O–H groups in total. The molecule has 1 aromatic rings. The summed E-state index contributed by atoms with van der Waals surface area (Å²) < 4.78 is 0. The van der Waals surface area contributed by atoms with E-state index in [9.17, 15) is 4.79 Å². The summed E-state index contributed by atoms with van der Waals surface area (Å²) in [5.74, 6) is 0.624. The standard InChI is InChI=1S/C17H28N2O.ClH/c1-3-5-7-15(6-4-2)13-19-17(20)16-10-8-14(12-18)9-11-16;/h8-11,15H,3-7,12-13,18H2,1-2H3,(H,19,20);1H. The average Bonchev–Trinajstić information content (AvgIpc) is 2.49. The molecule has 0 aliphatic rings. The first-order chi connectivity index (χ1) is 9.71. The molecule has 1 unspecified atom stereocenters. The van der Waals surface area contributed by atoms with Gasteiger partial charge >= 0.3 is 0 Å². The van der Waals surface area contributed by atoms with E-state index in [1.807, 2.05) is 24.3 Å². The first-order valence-corrected chi connectivity index (χ1v) is 7.78. The maximum absolute atomic E-state index is 12.1. The fourth-order valence-corrected chi connectivity index (χ4v) is 2.38. The lowest BCUT2D eigenvalue weighted by molar-refractivity contribution is 0.0945. The summed E-state index contributed by atoms with van der Waals surface area (Å²) in [6.45, 7) is 5.70. The fraction of sp³-hybridized carbons (Fsp3) is 0.588. The van der Waals surface area contributed by atoms with Gasteiger partial charge in [-0.3, -0.25) is 4.79 Å². The first kappa shape index (κ1) is 19.9. The molecule has 0 saturated heterocycles. The Morgan fingerprint density at radius 3 is 2.33 bits per heavy atom. The molecule has 0 heterocycles. The highest BCUT2D eigenvalue weighted by atomic mass is 35.5. The number of hydrogen-bond donors (Lipinski definition) is 2. The zero-order chi connectivity index (χ0) is 14.8. The minimum Gasteiger partial charge on any atom is -0.352 e. The lowest BCUT2D eigenvalue weighted by Crippen LogP contribution is -2.29. The molecule has 0 bridgehead atoms. The number of unbranched alkanes of at least 4 members (excludes halogenated alkanes) is 1. The fourth-order valence-electron chi connectivity index (χ4n) is 2.38. The number of nitrogens with one attached hydrogen (secondary N) is 1. The Labute approximate surface area is 135 Å². The molecule has 21 heavy (non-hydrogen) atoms. The van der Waals surface area contributed by atoms with Gasteiger partial charge in [-0.25, -0.2) is 0 Å². The van der Waals surface area contributed by atoms with Crippen LogP contribution in [0.5, 0.6) is 0 Å². The second kappa shape index (κ2) is 11.6. The third kappa shape index (κ3) is 7.49. The number of rotatable bonds is 9. The van der Waals surface area contributed by atoms with Crippen LogP contribution < -0.4 is 11.1 Å². The largest absolute Gasteiger partial charge is 0.352 e. The molecule has 1 aromatic carbocycles. The van der Waals surface area contributed by atoms with Crippen molar-refractivity contribution in [2.24, 2.45) is 11.7 Å². The summed E-state index contributed by atoms with van der Waals surface area (Å²) in [5, 5.41) is 3.06. The van der Waals surface area contributed by atoms with Gasteiger partial charge < -0.3 is 11.1 Å². The van der Waals surface area contributed by atoms with Crippen molar-refractivity contribution in [2.45, 2.75) is 52.5 Å². The Bertz CT molecular complexity index is 392. The number of nitrogens with two attached hydrogens (primary N) is 1. The Morgan fingerprint density at radius 2 is 1.81 bits per heavy atom. The van der Waals surface area contributed by atoms with Crippen molar-refractivity contribution in [3.05, 3.63) is 35.4 Å². The van der Waals surface area contributed by atoms with E-state index in [0.29, 0.717) is 18.0 Å². The molecule has 120 valence electrons. The van der Waals surface area contributed by atoms with E-state index < -0.39 is 0 Å². The van der Waals surface area contributed by atoms with Gasteiger partial charge in [0, 0.05) is 18.7 Å². The summed E-state index contributed by atoms with van der Waals surface area (Å²) in [7, 11) is 0. The quantitative estimate of drug-likeness (QED) is 0.726. The second-order valence-electron chi connectivity index (χ2n) is 5.41. The SMILES string of the molecule is CCCCC(CCC)CNC(=O)c1ccc(CN)cc1.Cl. The summed E-state index contributed by atoms with van der Waals surface area (Å²) in [5.41, 5.74) is 7.32. The first-order valence-electron chi connectivity index (χ1n) is 7.78. The molecule has 1 rings (SSSR count). The summed E-state index contributed by atoms with van der Waals surface area (Å²) in [4.78, 5) is 12.1. The molecule has 1 atom stereocenters. The van der Waals surface area contributed by atoms with Crippen LogP contribution >= 0.6 is 12.4 Å². The lowest BCUT2D eigenvalue weighted by atomic mass is 9.97. The molecule has 4 heteroatoms. The Hall–Kier alpha value is -1.06. The van der Waals surface area contributed by atoms with Crippen LogP contribution in [-0.2, 0) is 6.54 Å². The zero-order valence-electron chi connectivity index (χ0n) is 13.2. The number of halogens is 1. The maximum atomic E-state index is 12.1. The molecule has 0 aromatic heterocycles. The minimum atomic E-state index is 0. The van der Waals surface area contributed by atoms with E-state index in [4.69, 9.17) is 5.73 Å². The van der Waals surface area contributed by atoms with Crippen molar-refractivity contribution >= 4 is 18.3 Å². The van der Waals surface area contributed by atoms with Gasteiger partial charge in [-0.05, 0) is 36.5 Å². The van der Waals surface area contributed by atoms with Gasteiger partial charge in [0.2, 0.25) is 0 Å². The predicted molar refractivity (Wildman–Crippen MR) is 91.8 cm³/mol. The number of hydrogen-bond acceptors (Lipinski definition) is 2. The van der Waals surface area contributed by atoms with Gasteiger partial charge in [0.25, 0.3) is 5.91 Å². The van der Waals surface area contributed by atoms with E-state index >= 15 is 0 Å². The van der Waals surface area contributed by atoms with Crippen molar-refractivity contribution in [2.75, 3.05) is 6.54 Å². The Morgan fingerprint density at radius 1 is 1.14 bits per heavy atom. The highest BCUT2D eigenvalue weighted by Crippen LogP contribution is 2.14. The van der Waals surface area contributed by atoms with Crippen molar-refractivity contribution in [3.8, 4) is 0 Å². The molecule has 0 spiro atoms. The van der Waals surface area contributed by atoms with Gasteiger partial charge in [0.05, 0.1) is 0 Å². The van der Waals surface area contributed by atoms with Gasteiger partial charge in [0.1, 0.15) is 0 Å². The van der Waals surface area contributed by atoms with Crippen LogP contribution in [0.2, 0.25) is 0 Å². The topological polar surface area (TPSA) is 55.1 Å². The highest BCUT2D eigenvalue weighted by molar-refractivity contribution is 5.94. The van der Waals surface area contributed by atoms with E-state index in [2.05, 4.69) is 19.2 Å². The molecule has 0 radical (unpaired) electrons. The Balaban J connectivity index is 0.00000400. The van der Waals surface area contributed by atoms with Crippen molar-refractivity contribution in [1.82, 2.24) is 5.32 Å². The van der Waals surface area contributed by atoms with Crippen LogP contribution in [-0.4, -0.2) is 12.5 Å². The summed E-state index contributed by atoms with van der Waals surface area (Å²) in [6, 6.07) is 7.52. The smallest absolute Gasteiger partial charge is 0.251 e. The molecule has 0 aliphatic carbocycles. The van der Waals surface area contributed by atoms with Crippen LogP contribution in [0.4, 0.5) is 0 Å². The monoisotopic (exact) mass is 312 g/mol. The number of carbonyl (C=O) groups excluding carboxylic acids is 1. The zero-order valence-corrected chi connectivity index (χ0v) is 14.0. The van der Waals surface area contributed by atoms with Crippen LogP contribution in [0.3, 0.4) is 0 Å². The molecule has 0 aliphatic heterocycles. The summed E-state index contributed by atoms with van der Waals surface area (Å²) >= 11 is 0. The molecular formula is C17H29ClN2O. The van der Waals surface area contributed by atoms with Crippen LogP contribution in [0.1, 0.15) is 61.9 Å². The molecule has 0 fully saturated rings. The van der Waals surface area contributed by atoms with Gasteiger partial charge in [-0.2, -0.15) is 0 Å². The third-order valence-corrected chi connectivity index (χ3v) is 3.67. The molecule has 0 saturated carbocycles. The summed E-state index contributed by atoms with van der Waals surface area (Å²) in [6.07, 6.45) is 6.03. The number of carbonyl (C=O) groups is 1. The van der Waals surface area contributed by atoms with Gasteiger partial charge in [-0.1, -0.05) is 45.2 Å². The normalized spacial score (nSPS) is 11.6. The third-order valence-electron chi connectivity index (χ3n) is 3.67. The number of benzene rings is 1. The minimum absolute atomic E-state index is 0. The lowest BCUT2D eigenvalue weighted by Gasteiger charge is -2.16. The van der Waals surface area contributed by atoms with Gasteiger partial charge in [-0.15, -0.1) is 12.4 Å². The highest BCUT2D eigenvalue weighted by Gasteiger charge is 2.10. The Kier molecular flexibility index (Phi) is 11.0. The van der Waals surface area contributed by atoms with Gasteiger partial charge in [0.15, 0.2) is 0 Å². The van der Waals surface area contributed by atoms with Crippen LogP contribution in [0.25, 0.3) is 0 Å². The molecule has 1 amide bonds. The molecular weight excluding hydrogens is 284 g/mol. The average molecular weight is 313 g/mol. The van der Waals surface area contributed by atoms with Crippen molar-refractivity contribution < 1.29 is 4.79 Å². The van der Waals surface area contributed by atoms with Crippen LogP contribution in [0, 0.1) is 5.92 Å². The van der Waals surface area contributed by atoms with Crippen molar-refractivity contribution in [1.29, 1.82) is 0 Å². The van der Waals surface area contributed by atoms with Crippen LogP contribution in [0.15, 0.2) is 24.3 Å². The van der Waals surface area contributed by atoms with E-state index in [1.54, 1.807) is 0 Å². The van der Waals surface area contributed by atoms with Crippen molar-refractivity contribution in [3.63, 3.8) is 0 Å². The molecule has 3 nitrogen and oxygen atoms in total. The van der Waals surface area contributed by atoms with E-state index in [1.165, 1.54) is 32.1 Å².